The van der Waals surface area contributed by atoms with Crippen molar-refractivity contribution in [1.29, 1.82) is 0 Å². The second-order valence-corrected chi connectivity index (χ2v) is 7.78. The minimum absolute atomic E-state index is 0.0780. The molecule has 0 saturated carbocycles. The van der Waals surface area contributed by atoms with Crippen LogP contribution in [0.5, 0.6) is 0 Å². The van der Waals surface area contributed by atoms with E-state index in [1.165, 1.54) is 6.07 Å². The summed E-state index contributed by atoms with van der Waals surface area (Å²) >= 11 is 3.25. The molecule has 0 spiro atoms. The van der Waals surface area contributed by atoms with Crippen LogP contribution in [0, 0.1) is 0 Å². The van der Waals surface area contributed by atoms with Gasteiger partial charge in [-0.05, 0) is 52.7 Å². The highest BCUT2D eigenvalue weighted by atomic mass is 79.9. The van der Waals surface area contributed by atoms with E-state index in [-0.39, 0.29) is 18.6 Å². The average molecular weight is 519 g/mol. The van der Waals surface area contributed by atoms with E-state index in [4.69, 9.17) is 15.7 Å². The zero-order valence-corrected chi connectivity index (χ0v) is 19.3. The van der Waals surface area contributed by atoms with E-state index in [0.717, 1.165) is 0 Å². The Balaban J connectivity index is 1.69. The molecular formula is C23H24BrN3O6. The Morgan fingerprint density at radius 1 is 1.18 bits per heavy atom. The second kappa shape index (κ2) is 12.0. The number of ether oxygens (including phenoxy) is 2. The molecule has 9 nitrogen and oxygen atoms in total. The molecule has 1 heterocycles. The fourth-order valence-electron chi connectivity index (χ4n) is 2.94. The van der Waals surface area contributed by atoms with Crippen molar-refractivity contribution in [3.63, 3.8) is 0 Å². The van der Waals surface area contributed by atoms with Gasteiger partial charge < -0.3 is 20.1 Å². The lowest BCUT2D eigenvalue weighted by molar-refractivity contribution is -0.119. The maximum atomic E-state index is 13.0. The number of halogens is 1. The van der Waals surface area contributed by atoms with Gasteiger partial charge in [0, 0.05) is 12.1 Å². The smallest absolute Gasteiger partial charge is 0.408 e. The number of hydrogen-bond donors (Lipinski definition) is 3. The zero-order valence-electron chi connectivity index (χ0n) is 18.7. The Morgan fingerprint density at radius 2 is 1.97 bits per heavy atom. The van der Waals surface area contributed by atoms with Gasteiger partial charge in [0.15, 0.2) is 0 Å². The predicted molar refractivity (Wildman–Crippen MR) is 124 cm³/mol. The molecule has 0 saturated heterocycles. The molecule has 1 aliphatic rings. The van der Waals surface area contributed by atoms with E-state index in [2.05, 4.69) is 32.0 Å². The first kappa shape index (κ1) is 22.8. The van der Waals surface area contributed by atoms with Crippen LogP contribution in [0.2, 0.25) is 0 Å². The Bertz CT molecular complexity index is 1050. The molecule has 0 radical (unpaired) electrons. The Kier molecular flexibility index (Phi) is 8.31. The zero-order chi connectivity index (χ0) is 24.5. The molecule has 3 N–H and O–H groups in total. The molecule has 2 aromatic carbocycles. The van der Waals surface area contributed by atoms with Crippen LogP contribution >= 0.6 is 15.9 Å². The van der Waals surface area contributed by atoms with Crippen molar-refractivity contribution in [3.05, 3.63) is 76.4 Å². The van der Waals surface area contributed by atoms with Crippen LogP contribution in [0.15, 0.2) is 65.3 Å². The molecule has 33 heavy (non-hydrogen) atoms. The summed E-state index contributed by atoms with van der Waals surface area (Å²) in [7, 11) is 0. The van der Waals surface area contributed by atoms with E-state index in [9.17, 15) is 14.4 Å². The highest BCUT2D eigenvalue weighted by Crippen LogP contribution is 2.18. The van der Waals surface area contributed by atoms with Crippen molar-refractivity contribution in [2.24, 2.45) is 0 Å². The van der Waals surface area contributed by atoms with Gasteiger partial charge in [-0.1, -0.05) is 36.4 Å². The molecule has 1 aliphatic heterocycles. The number of alkyl carbamates (subject to hydrolysis) is 1. The number of hydrogen-bond acceptors (Lipinski definition) is 7. The van der Waals surface area contributed by atoms with Crippen molar-refractivity contribution >= 4 is 39.6 Å². The normalized spacial score (nSPS) is 17.0. The number of nitrogens with one attached hydrogen (secondary N) is 3. The first-order valence-corrected chi connectivity index (χ1v) is 11.0. The fourth-order valence-corrected chi connectivity index (χ4v) is 3.33. The molecule has 2 amide bonds. The Labute approximate surface area is 201 Å². The third kappa shape index (κ3) is 7.62. The van der Waals surface area contributed by atoms with Gasteiger partial charge >= 0.3 is 12.1 Å². The number of amides is 2. The van der Waals surface area contributed by atoms with E-state index < -0.39 is 36.7 Å². The third-order valence-electron chi connectivity index (χ3n) is 4.46. The van der Waals surface area contributed by atoms with Crippen LogP contribution in [0.3, 0.4) is 0 Å². The second-order valence-electron chi connectivity index (χ2n) is 6.93. The summed E-state index contributed by atoms with van der Waals surface area (Å²) < 4.78 is 18.7. The summed E-state index contributed by atoms with van der Waals surface area (Å²) in [6.45, 7) is 0.664. The summed E-state index contributed by atoms with van der Waals surface area (Å²) in [4.78, 5) is 42.8. The minimum atomic E-state index is -1.26. The predicted octanol–water partition coefficient (Wildman–Crippen LogP) is 3.63. The Hall–Kier alpha value is -3.37. The number of carbonyl (C=O) groups is 3. The number of rotatable bonds is 9. The van der Waals surface area contributed by atoms with Gasteiger partial charge in [-0.3, -0.25) is 15.1 Å². The van der Waals surface area contributed by atoms with Gasteiger partial charge in [0.1, 0.15) is 23.3 Å². The van der Waals surface area contributed by atoms with Crippen molar-refractivity contribution < 1.29 is 30.1 Å². The molecule has 3 rings (SSSR count). The van der Waals surface area contributed by atoms with Crippen LogP contribution in [0.25, 0.3) is 0 Å². The molecule has 0 fully saturated rings. The summed E-state index contributed by atoms with van der Waals surface area (Å²) in [5.74, 6) is -1.07. The van der Waals surface area contributed by atoms with Crippen LogP contribution in [0.4, 0.5) is 10.5 Å². The highest BCUT2D eigenvalue weighted by Gasteiger charge is 2.28. The topological polar surface area (TPSA) is 115 Å². The van der Waals surface area contributed by atoms with Crippen molar-refractivity contribution in [3.8, 4) is 0 Å². The third-order valence-corrected chi connectivity index (χ3v) is 4.89. The number of esters is 1. The van der Waals surface area contributed by atoms with Crippen LogP contribution in [0.1, 0.15) is 30.6 Å². The largest absolute Gasteiger partial charge is 0.462 e. The molecule has 0 bridgehead atoms. The van der Waals surface area contributed by atoms with E-state index in [1.54, 1.807) is 61.5 Å². The number of carbonyl (C=O) groups excluding carboxylic acids is 3. The lowest BCUT2D eigenvalue weighted by atomic mass is 10.1. The highest BCUT2D eigenvalue weighted by molar-refractivity contribution is 9.11. The van der Waals surface area contributed by atoms with Gasteiger partial charge in [0.25, 0.3) is 0 Å². The summed E-state index contributed by atoms with van der Waals surface area (Å²) in [5.41, 5.74) is 3.74. The van der Waals surface area contributed by atoms with Crippen molar-refractivity contribution in [1.82, 2.24) is 10.8 Å². The summed E-state index contributed by atoms with van der Waals surface area (Å²) in [5, 5.41) is 5.18. The first-order valence-electron chi connectivity index (χ1n) is 10.7. The molecule has 0 aromatic heterocycles. The maximum Gasteiger partial charge on any atom is 0.408 e. The minimum Gasteiger partial charge on any atom is -0.462 e. The van der Waals surface area contributed by atoms with Gasteiger partial charge in [0.05, 0.1) is 13.5 Å². The van der Waals surface area contributed by atoms with E-state index in [0.29, 0.717) is 15.9 Å². The SMILES string of the molecule is [2H]C(OC(=O)N[C@@H](CC1C=C(Br)NO1)C(=O)Nc1cccc(C(=O)OCC)c1)c1ccccc1. The monoisotopic (exact) mass is 518 g/mol. The fraction of sp³-hybridized carbons (Fsp3) is 0.261. The Morgan fingerprint density at radius 3 is 2.67 bits per heavy atom. The molecule has 0 aliphatic carbocycles. The van der Waals surface area contributed by atoms with Crippen LogP contribution < -0.4 is 16.1 Å². The number of anilines is 1. The lowest BCUT2D eigenvalue weighted by Crippen LogP contribution is -2.46. The molecular weight excluding hydrogens is 494 g/mol. The maximum absolute atomic E-state index is 13.0. The van der Waals surface area contributed by atoms with Gasteiger partial charge in [-0.15, -0.1) is 0 Å². The number of hydroxylamine groups is 1. The van der Waals surface area contributed by atoms with E-state index >= 15 is 0 Å². The van der Waals surface area contributed by atoms with Crippen molar-refractivity contribution in [2.75, 3.05) is 11.9 Å². The molecule has 174 valence electrons. The van der Waals surface area contributed by atoms with Gasteiger partial charge in [0.2, 0.25) is 5.91 Å². The van der Waals surface area contributed by atoms with Gasteiger partial charge in [-0.2, -0.15) is 0 Å². The van der Waals surface area contributed by atoms with Crippen LogP contribution in [-0.4, -0.2) is 36.7 Å². The van der Waals surface area contributed by atoms with Crippen molar-refractivity contribution in [2.45, 2.75) is 32.1 Å². The number of benzene rings is 2. The molecule has 2 unspecified atom stereocenters. The molecule has 10 heteroatoms. The molecule has 3 atom stereocenters. The quantitative estimate of drug-likeness (QED) is 0.343. The summed E-state index contributed by atoms with van der Waals surface area (Å²) in [6, 6.07) is 13.8. The lowest BCUT2D eigenvalue weighted by Gasteiger charge is -2.20. The van der Waals surface area contributed by atoms with Crippen LogP contribution in [-0.2, 0) is 25.7 Å². The standard InChI is InChI=1S/C23H24BrN3O6/c1-2-31-22(29)16-9-6-10-17(11-16)25-21(28)19(12-18-13-20(24)27-33-18)26-23(30)32-14-15-7-4-3-5-8-15/h3-11,13,18-19,27H,2,12,14H2,1H3,(H,25,28)(H,26,30)/t18?,19-/m0/s1/i14D/t14?,18?,19-. The van der Waals surface area contributed by atoms with Gasteiger partial charge in [-0.25, -0.2) is 9.59 Å². The van der Waals surface area contributed by atoms with E-state index in [1.807, 2.05) is 0 Å². The average Bonchev–Trinajstić information content (AvgIpc) is 3.24. The first-order chi connectivity index (χ1) is 16.4. The summed E-state index contributed by atoms with van der Waals surface area (Å²) in [6.07, 6.45) is 0.330. The molecule has 2 aromatic rings.